The molecule has 22 heavy (non-hydrogen) atoms. The monoisotopic (exact) mass is 320 g/mol. The maximum atomic E-state index is 13.8. The van der Waals surface area contributed by atoms with Crippen LogP contribution in [0.25, 0.3) is 10.6 Å². The Balaban J connectivity index is 1.79. The Morgan fingerprint density at radius 3 is 3.05 bits per heavy atom. The van der Waals surface area contributed by atoms with Crippen LogP contribution in [0, 0.1) is 11.7 Å². The van der Waals surface area contributed by atoms with Crippen molar-refractivity contribution in [1.29, 1.82) is 0 Å². The van der Waals surface area contributed by atoms with Gasteiger partial charge in [-0.15, -0.1) is 11.3 Å². The van der Waals surface area contributed by atoms with Crippen LogP contribution < -0.4 is 0 Å². The van der Waals surface area contributed by atoms with Gasteiger partial charge in [0, 0.05) is 30.6 Å². The van der Waals surface area contributed by atoms with Gasteiger partial charge in [-0.25, -0.2) is 9.37 Å². The van der Waals surface area contributed by atoms with Crippen LogP contribution in [0.3, 0.4) is 0 Å². The molecule has 6 heteroatoms. The van der Waals surface area contributed by atoms with E-state index in [2.05, 4.69) is 4.98 Å². The minimum absolute atomic E-state index is 0.0985. The summed E-state index contributed by atoms with van der Waals surface area (Å²) in [5, 5.41) is 11.4. The van der Waals surface area contributed by atoms with Gasteiger partial charge in [0.25, 0.3) is 5.91 Å². The standard InChI is InChI=1S/C16H17FN2O2S/c17-13-6-2-1-5-12(13)15-18-14(10-22-15)16(21)19-7-3-4-11(8-19)9-20/h1-2,5-6,10-11,20H,3-4,7-9H2. The van der Waals surface area contributed by atoms with Gasteiger partial charge in [-0.05, 0) is 30.9 Å². The van der Waals surface area contributed by atoms with Gasteiger partial charge in [-0.3, -0.25) is 4.79 Å². The number of likely N-dealkylation sites (tertiary alicyclic amines) is 1. The van der Waals surface area contributed by atoms with Gasteiger partial charge < -0.3 is 10.0 Å². The fraction of sp³-hybridized carbons (Fsp3) is 0.375. The van der Waals surface area contributed by atoms with E-state index in [1.165, 1.54) is 17.4 Å². The van der Waals surface area contributed by atoms with E-state index in [1.54, 1.807) is 28.5 Å². The number of thiazole rings is 1. The first kappa shape index (κ1) is 15.1. The normalized spacial score (nSPS) is 18.5. The van der Waals surface area contributed by atoms with Crippen molar-refractivity contribution in [3.05, 3.63) is 41.2 Å². The number of halogens is 1. The average molecular weight is 320 g/mol. The van der Waals surface area contributed by atoms with Crippen LogP contribution in [0.2, 0.25) is 0 Å². The lowest BCUT2D eigenvalue weighted by Gasteiger charge is -2.31. The predicted molar refractivity (Wildman–Crippen MR) is 83.2 cm³/mol. The second-order valence-corrected chi connectivity index (χ2v) is 6.32. The van der Waals surface area contributed by atoms with Crippen molar-refractivity contribution < 1.29 is 14.3 Å². The van der Waals surface area contributed by atoms with Gasteiger partial charge in [0.1, 0.15) is 16.5 Å². The number of hydrogen-bond donors (Lipinski definition) is 1. The number of aromatic nitrogens is 1. The number of amides is 1. The third kappa shape index (κ3) is 3.03. The summed E-state index contributed by atoms with van der Waals surface area (Å²) >= 11 is 1.27. The quantitative estimate of drug-likeness (QED) is 0.946. The first-order valence-electron chi connectivity index (χ1n) is 7.29. The Morgan fingerprint density at radius 2 is 2.27 bits per heavy atom. The highest BCUT2D eigenvalue weighted by atomic mass is 32.1. The van der Waals surface area contributed by atoms with Crippen molar-refractivity contribution in [2.75, 3.05) is 19.7 Å². The third-order valence-electron chi connectivity index (χ3n) is 3.89. The fourth-order valence-electron chi connectivity index (χ4n) is 2.69. The van der Waals surface area contributed by atoms with Crippen molar-refractivity contribution >= 4 is 17.2 Å². The molecule has 1 fully saturated rings. The zero-order chi connectivity index (χ0) is 15.5. The summed E-state index contributed by atoms with van der Waals surface area (Å²) < 4.78 is 13.8. The minimum Gasteiger partial charge on any atom is -0.396 e. The van der Waals surface area contributed by atoms with E-state index in [-0.39, 0.29) is 24.2 Å². The minimum atomic E-state index is -0.339. The van der Waals surface area contributed by atoms with Crippen LogP contribution in [-0.2, 0) is 0 Å². The number of piperidine rings is 1. The molecule has 0 saturated carbocycles. The highest BCUT2D eigenvalue weighted by Crippen LogP contribution is 2.27. The molecule has 4 nitrogen and oxygen atoms in total. The first-order chi connectivity index (χ1) is 10.7. The number of nitrogens with zero attached hydrogens (tertiary/aromatic N) is 2. The predicted octanol–water partition coefficient (Wildman–Crippen LogP) is 2.79. The van der Waals surface area contributed by atoms with Crippen molar-refractivity contribution in [3.8, 4) is 10.6 Å². The fourth-order valence-corrected chi connectivity index (χ4v) is 3.51. The molecule has 1 aliphatic rings. The molecule has 1 amide bonds. The van der Waals surface area contributed by atoms with Crippen LogP contribution in [0.5, 0.6) is 0 Å². The number of hydrogen-bond acceptors (Lipinski definition) is 4. The van der Waals surface area contributed by atoms with E-state index in [1.807, 2.05) is 0 Å². The highest BCUT2D eigenvalue weighted by molar-refractivity contribution is 7.13. The Labute approximate surface area is 132 Å². The molecule has 1 atom stereocenters. The molecule has 0 bridgehead atoms. The summed E-state index contributed by atoms with van der Waals surface area (Å²) in [6, 6.07) is 6.42. The van der Waals surface area contributed by atoms with Crippen LogP contribution >= 0.6 is 11.3 Å². The SMILES string of the molecule is O=C(c1csc(-c2ccccc2F)n1)N1CCCC(CO)C1. The van der Waals surface area contributed by atoms with Gasteiger partial charge in [-0.1, -0.05) is 12.1 Å². The van der Waals surface area contributed by atoms with Gasteiger partial charge in [0.2, 0.25) is 0 Å². The van der Waals surface area contributed by atoms with Crippen molar-refractivity contribution in [2.24, 2.45) is 5.92 Å². The second kappa shape index (κ2) is 6.54. The maximum absolute atomic E-state index is 13.8. The van der Waals surface area contributed by atoms with E-state index < -0.39 is 0 Å². The lowest BCUT2D eigenvalue weighted by Crippen LogP contribution is -2.41. The molecule has 1 aromatic heterocycles. The maximum Gasteiger partial charge on any atom is 0.273 e. The van der Waals surface area contributed by atoms with Crippen molar-refractivity contribution in [3.63, 3.8) is 0 Å². The number of carbonyl (C=O) groups is 1. The molecular formula is C16H17FN2O2S. The Kier molecular flexibility index (Phi) is 4.49. The molecule has 2 aromatic rings. The molecule has 1 saturated heterocycles. The van der Waals surface area contributed by atoms with E-state index in [0.29, 0.717) is 29.4 Å². The zero-order valence-electron chi connectivity index (χ0n) is 12.0. The molecule has 1 N–H and O–H groups in total. The number of rotatable bonds is 3. The topological polar surface area (TPSA) is 53.4 Å². The summed E-state index contributed by atoms with van der Waals surface area (Å²) in [4.78, 5) is 18.5. The Bertz CT molecular complexity index is 674. The molecule has 1 unspecified atom stereocenters. The van der Waals surface area contributed by atoms with Crippen LogP contribution in [-0.4, -0.2) is 40.6 Å². The van der Waals surface area contributed by atoms with E-state index in [0.717, 1.165) is 12.8 Å². The molecule has 0 spiro atoms. The first-order valence-corrected chi connectivity index (χ1v) is 8.17. The lowest BCUT2D eigenvalue weighted by atomic mass is 9.99. The molecule has 0 aliphatic carbocycles. The van der Waals surface area contributed by atoms with Crippen LogP contribution in [0.1, 0.15) is 23.3 Å². The van der Waals surface area contributed by atoms with Crippen molar-refractivity contribution in [1.82, 2.24) is 9.88 Å². The molecule has 116 valence electrons. The molecule has 0 radical (unpaired) electrons. The summed E-state index contributed by atoms with van der Waals surface area (Å²) in [7, 11) is 0. The van der Waals surface area contributed by atoms with E-state index in [4.69, 9.17) is 0 Å². The Morgan fingerprint density at radius 1 is 1.45 bits per heavy atom. The largest absolute Gasteiger partial charge is 0.396 e. The third-order valence-corrected chi connectivity index (χ3v) is 4.77. The van der Waals surface area contributed by atoms with Gasteiger partial charge in [0.05, 0.1) is 0 Å². The molecule has 3 rings (SSSR count). The average Bonchev–Trinajstić information content (AvgIpc) is 3.04. The van der Waals surface area contributed by atoms with Gasteiger partial charge in [-0.2, -0.15) is 0 Å². The number of aliphatic hydroxyl groups excluding tert-OH is 1. The lowest BCUT2D eigenvalue weighted by molar-refractivity contribution is 0.0616. The molecule has 1 aliphatic heterocycles. The summed E-state index contributed by atoms with van der Waals surface area (Å²) in [5.41, 5.74) is 0.764. The summed E-state index contributed by atoms with van der Waals surface area (Å²) in [5.74, 6) is -0.339. The Hall–Kier alpha value is -1.79. The highest BCUT2D eigenvalue weighted by Gasteiger charge is 2.25. The van der Waals surface area contributed by atoms with Gasteiger partial charge in [0.15, 0.2) is 0 Å². The van der Waals surface area contributed by atoms with Crippen molar-refractivity contribution in [2.45, 2.75) is 12.8 Å². The molecule has 2 heterocycles. The molecular weight excluding hydrogens is 303 g/mol. The van der Waals surface area contributed by atoms with Crippen LogP contribution in [0.15, 0.2) is 29.6 Å². The number of carbonyl (C=O) groups excluding carboxylic acids is 1. The number of aliphatic hydroxyl groups is 1. The molecule has 1 aromatic carbocycles. The zero-order valence-corrected chi connectivity index (χ0v) is 12.9. The second-order valence-electron chi connectivity index (χ2n) is 5.46. The van der Waals surface area contributed by atoms with Gasteiger partial charge >= 0.3 is 0 Å². The van der Waals surface area contributed by atoms with E-state index in [9.17, 15) is 14.3 Å². The van der Waals surface area contributed by atoms with Crippen LogP contribution in [0.4, 0.5) is 4.39 Å². The number of benzene rings is 1. The van der Waals surface area contributed by atoms with E-state index >= 15 is 0 Å². The smallest absolute Gasteiger partial charge is 0.273 e. The summed E-state index contributed by atoms with van der Waals surface area (Å²) in [6.45, 7) is 1.34. The summed E-state index contributed by atoms with van der Waals surface area (Å²) in [6.07, 6.45) is 1.83.